The van der Waals surface area contributed by atoms with Crippen molar-refractivity contribution in [1.29, 1.82) is 0 Å². The number of aromatic nitrogens is 2. The molecule has 3 aliphatic rings. The number of aryl methyl sites for hydroxylation is 1. The second-order valence-corrected chi connectivity index (χ2v) is 13.0. The van der Waals surface area contributed by atoms with Crippen molar-refractivity contribution in [3.8, 4) is 0 Å². The lowest BCUT2D eigenvalue weighted by Crippen LogP contribution is -2.81. The number of nitrogens with two attached hydrogens (primary N) is 1. The zero-order valence-corrected chi connectivity index (χ0v) is 20.1. The fraction of sp³-hybridized carbons (Fsp3) is 0.409. The van der Waals surface area contributed by atoms with Gasteiger partial charge in [-0.25, -0.2) is 30.5 Å². The highest BCUT2D eigenvalue weighted by Crippen LogP contribution is 2.62. The maximum absolute atomic E-state index is 13.2. The van der Waals surface area contributed by atoms with Gasteiger partial charge in [0.2, 0.25) is 10.0 Å². The minimum atomic E-state index is -3.82. The molecular weight excluding hydrogens is 462 g/mol. The molecule has 1 aromatic carbocycles. The molecule has 0 radical (unpaired) electrons. The maximum atomic E-state index is 13.2. The molecule has 11 heteroatoms. The average molecular weight is 490 g/mol. The summed E-state index contributed by atoms with van der Waals surface area (Å²) in [7, 11) is -7.10. The predicted molar refractivity (Wildman–Crippen MR) is 128 cm³/mol. The first-order valence-electron chi connectivity index (χ1n) is 10.9. The Kier molecular flexibility index (Phi) is 4.83. The minimum absolute atomic E-state index is 0.121. The maximum Gasteiger partial charge on any atom is 0.269 e. The van der Waals surface area contributed by atoms with Gasteiger partial charge in [-0.15, -0.1) is 0 Å². The summed E-state index contributed by atoms with van der Waals surface area (Å²) in [4.78, 5) is 4.49. The SMILES string of the molecule is CCCS(=O)(=O)NC12CC(Nc3c(N)cnc4c3ccn4S(=O)(=O)c3ccc(C)cc3)(C1)C2. The van der Waals surface area contributed by atoms with Gasteiger partial charge in [-0.1, -0.05) is 24.6 Å². The Bertz CT molecular complexity index is 1440. The topological polar surface area (TPSA) is 136 Å². The van der Waals surface area contributed by atoms with Gasteiger partial charge in [0, 0.05) is 22.7 Å². The quantitative estimate of drug-likeness (QED) is 0.442. The Morgan fingerprint density at radius 3 is 2.36 bits per heavy atom. The Morgan fingerprint density at radius 1 is 1.06 bits per heavy atom. The number of hydrogen-bond acceptors (Lipinski definition) is 7. The van der Waals surface area contributed by atoms with E-state index in [1.54, 1.807) is 30.3 Å². The Labute approximate surface area is 193 Å². The number of pyridine rings is 1. The summed E-state index contributed by atoms with van der Waals surface area (Å²) in [5.41, 5.74) is 7.87. The van der Waals surface area contributed by atoms with Crippen LogP contribution < -0.4 is 15.8 Å². The van der Waals surface area contributed by atoms with Crippen LogP contribution in [0.1, 0.15) is 38.2 Å². The molecular formula is C22H27N5O4S2. The molecule has 9 nitrogen and oxygen atoms in total. The number of fused-ring (bicyclic) bond motifs is 1. The van der Waals surface area contributed by atoms with Crippen LogP contribution in [0.4, 0.5) is 11.4 Å². The largest absolute Gasteiger partial charge is 0.396 e. The van der Waals surface area contributed by atoms with Crippen molar-refractivity contribution in [2.24, 2.45) is 0 Å². The fourth-order valence-electron chi connectivity index (χ4n) is 5.18. The van der Waals surface area contributed by atoms with Crippen LogP contribution in [0.15, 0.2) is 47.6 Å². The van der Waals surface area contributed by atoms with Crippen LogP contribution in [0.3, 0.4) is 0 Å². The molecule has 3 aromatic rings. The predicted octanol–water partition coefficient (Wildman–Crippen LogP) is 2.58. The van der Waals surface area contributed by atoms with Crippen molar-refractivity contribution in [3.63, 3.8) is 0 Å². The van der Waals surface area contributed by atoms with Gasteiger partial charge in [0.05, 0.1) is 28.2 Å². The fourth-order valence-corrected chi connectivity index (χ4v) is 8.00. The molecule has 2 aromatic heterocycles. The minimum Gasteiger partial charge on any atom is -0.396 e. The van der Waals surface area contributed by atoms with Gasteiger partial charge in [0.15, 0.2) is 5.65 Å². The number of anilines is 2. The Morgan fingerprint density at radius 2 is 1.73 bits per heavy atom. The summed E-state index contributed by atoms with van der Waals surface area (Å²) in [6, 6.07) is 8.36. The van der Waals surface area contributed by atoms with Crippen LogP contribution in [0.5, 0.6) is 0 Å². The van der Waals surface area contributed by atoms with Crippen molar-refractivity contribution in [1.82, 2.24) is 13.7 Å². The van der Waals surface area contributed by atoms with Crippen LogP contribution in [0, 0.1) is 6.92 Å². The van der Waals surface area contributed by atoms with E-state index in [0.717, 1.165) is 5.56 Å². The summed E-state index contributed by atoms with van der Waals surface area (Å²) in [5.74, 6) is 0.121. The summed E-state index contributed by atoms with van der Waals surface area (Å²) in [6.07, 6.45) is 5.50. The van der Waals surface area contributed by atoms with Crippen LogP contribution in [0.2, 0.25) is 0 Å². The molecule has 176 valence electrons. The molecule has 0 aliphatic heterocycles. The van der Waals surface area contributed by atoms with Crippen molar-refractivity contribution in [3.05, 3.63) is 48.3 Å². The van der Waals surface area contributed by atoms with E-state index in [-0.39, 0.29) is 27.4 Å². The molecule has 0 unspecified atom stereocenters. The first kappa shape index (κ1) is 22.2. The lowest BCUT2D eigenvalue weighted by atomic mass is 9.44. The van der Waals surface area contributed by atoms with Gasteiger partial charge >= 0.3 is 0 Å². The lowest BCUT2D eigenvalue weighted by Gasteiger charge is -2.70. The van der Waals surface area contributed by atoms with E-state index < -0.39 is 20.0 Å². The van der Waals surface area contributed by atoms with E-state index in [1.807, 2.05) is 13.8 Å². The van der Waals surface area contributed by atoms with E-state index in [9.17, 15) is 16.8 Å². The molecule has 4 N–H and O–H groups in total. The third-order valence-electron chi connectivity index (χ3n) is 6.55. The van der Waals surface area contributed by atoms with Gasteiger partial charge in [-0.2, -0.15) is 0 Å². The van der Waals surface area contributed by atoms with Gasteiger partial charge in [0.25, 0.3) is 10.0 Å². The first-order chi connectivity index (χ1) is 15.5. The van der Waals surface area contributed by atoms with Crippen molar-refractivity contribution in [2.75, 3.05) is 16.8 Å². The number of nitrogens with zero attached hydrogens (tertiary/aromatic N) is 2. The first-order valence-corrected chi connectivity index (χ1v) is 14.0. The molecule has 33 heavy (non-hydrogen) atoms. The van der Waals surface area contributed by atoms with Crippen molar-refractivity contribution >= 4 is 42.5 Å². The summed E-state index contributed by atoms with van der Waals surface area (Å²) < 4.78 is 54.8. The van der Waals surface area contributed by atoms with Crippen LogP contribution in [-0.4, -0.2) is 42.6 Å². The molecule has 3 saturated carbocycles. The lowest BCUT2D eigenvalue weighted by molar-refractivity contribution is -0.0454. The summed E-state index contributed by atoms with van der Waals surface area (Å²) in [5, 5.41) is 4.09. The van der Waals surface area contributed by atoms with Crippen molar-refractivity contribution < 1.29 is 16.8 Å². The van der Waals surface area contributed by atoms with E-state index in [0.29, 0.717) is 42.4 Å². The highest BCUT2D eigenvalue weighted by atomic mass is 32.2. The standard InChI is InChI=1S/C22H27N5O4S2/c1-3-10-32(28,29)26-22-12-21(13-22,14-22)25-19-17-8-9-27(20(17)24-11-18(19)23)33(30,31)16-6-4-15(2)5-7-16/h4-9,11,26H,3,10,12-14,23H2,1-2H3,(H,24,25). The van der Waals surface area contributed by atoms with Crippen LogP contribution in [0.25, 0.3) is 11.0 Å². The molecule has 0 atom stereocenters. The third-order valence-corrected chi connectivity index (χ3v) is 9.92. The normalized spacial score (nSPS) is 24.3. The smallest absolute Gasteiger partial charge is 0.269 e. The zero-order valence-electron chi connectivity index (χ0n) is 18.5. The second kappa shape index (κ2) is 7.18. The van der Waals surface area contributed by atoms with E-state index >= 15 is 0 Å². The second-order valence-electron chi connectivity index (χ2n) is 9.39. The molecule has 0 amide bonds. The van der Waals surface area contributed by atoms with Gasteiger partial charge in [-0.05, 0) is 50.8 Å². The molecule has 3 fully saturated rings. The zero-order chi connectivity index (χ0) is 23.6. The average Bonchev–Trinajstić information content (AvgIpc) is 3.12. The highest BCUT2D eigenvalue weighted by Gasteiger charge is 2.69. The van der Waals surface area contributed by atoms with E-state index in [4.69, 9.17) is 5.73 Å². The Hall–Kier alpha value is -2.63. The highest BCUT2D eigenvalue weighted by molar-refractivity contribution is 7.90. The van der Waals surface area contributed by atoms with Crippen molar-refractivity contribution in [2.45, 2.75) is 55.5 Å². The number of sulfonamides is 1. The summed E-state index contributed by atoms with van der Waals surface area (Å²) in [6.45, 7) is 3.74. The van der Waals surface area contributed by atoms with Gasteiger partial charge < -0.3 is 11.1 Å². The summed E-state index contributed by atoms with van der Waals surface area (Å²) >= 11 is 0. The molecule has 2 heterocycles. The van der Waals surface area contributed by atoms with E-state index in [2.05, 4.69) is 15.0 Å². The molecule has 3 aliphatic carbocycles. The number of benzene rings is 1. The third kappa shape index (κ3) is 3.58. The van der Waals surface area contributed by atoms with E-state index in [1.165, 1.54) is 16.4 Å². The monoisotopic (exact) mass is 489 g/mol. The molecule has 0 saturated heterocycles. The van der Waals surface area contributed by atoms with Gasteiger partial charge in [-0.3, -0.25) is 0 Å². The van der Waals surface area contributed by atoms with Crippen LogP contribution in [-0.2, 0) is 20.0 Å². The molecule has 0 spiro atoms. The number of nitrogen functional groups attached to an aromatic ring is 1. The number of hydrogen-bond donors (Lipinski definition) is 3. The molecule has 2 bridgehead atoms. The molecule has 6 rings (SSSR count). The van der Waals surface area contributed by atoms with Crippen LogP contribution >= 0.6 is 0 Å². The Balaban J connectivity index is 1.42. The van der Waals surface area contributed by atoms with Gasteiger partial charge in [0.1, 0.15) is 0 Å². The number of nitrogens with one attached hydrogen (secondary N) is 2. The number of rotatable bonds is 8.